The number of halogens is 1. The van der Waals surface area contributed by atoms with Crippen LogP contribution in [-0.2, 0) is 22.5 Å². The maximum atomic E-state index is 13.8. The maximum absolute atomic E-state index is 13.8. The number of fused-ring (bicyclic) bond motifs is 4. The molecular formula is C31H35ClN4O3S. The van der Waals surface area contributed by atoms with Crippen molar-refractivity contribution >= 4 is 51.6 Å². The zero-order valence-corrected chi connectivity index (χ0v) is 24.6. The number of carbonyl (C=O) groups excluding carboxylic acids is 2. The zero-order chi connectivity index (χ0) is 28.0. The number of carbonyl (C=O) groups is 2. The van der Waals surface area contributed by atoms with E-state index in [-0.39, 0.29) is 11.8 Å². The van der Waals surface area contributed by atoms with E-state index in [9.17, 15) is 13.8 Å². The molecule has 40 heavy (non-hydrogen) atoms. The van der Waals surface area contributed by atoms with E-state index in [1.807, 2.05) is 49.5 Å². The first-order chi connectivity index (χ1) is 19.3. The van der Waals surface area contributed by atoms with Crippen LogP contribution in [0, 0.1) is 0 Å². The summed E-state index contributed by atoms with van der Waals surface area (Å²) in [5.74, 6) is -0.000445. The SMILES string of the molecule is CN1CCCCN(C)S(=O)NC(=O)c2ccc3c(C4CCCCC4)c4n(c3c2)CC(=Cc2ccc(Cl)cc2-4)C1=O. The van der Waals surface area contributed by atoms with E-state index in [1.165, 1.54) is 24.8 Å². The molecule has 0 radical (unpaired) electrons. The van der Waals surface area contributed by atoms with Gasteiger partial charge in [0.25, 0.3) is 11.8 Å². The predicted octanol–water partition coefficient (Wildman–Crippen LogP) is 5.90. The van der Waals surface area contributed by atoms with Gasteiger partial charge in [-0.25, -0.2) is 8.51 Å². The van der Waals surface area contributed by atoms with Crippen LogP contribution in [-0.4, -0.2) is 57.0 Å². The van der Waals surface area contributed by atoms with Gasteiger partial charge in [-0.1, -0.05) is 43.0 Å². The third-order valence-electron chi connectivity index (χ3n) is 8.61. The Morgan fingerprint density at radius 1 is 0.950 bits per heavy atom. The summed E-state index contributed by atoms with van der Waals surface area (Å²) in [6.45, 7) is 1.53. The Bertz CT molecular complexity index is 1560. The van der Waals surface area contributed by atoms with E-state index in [2.05, 4.69) is 9.29 Å². The van der Waals surface area contributed by atoms with Crippen molar-refractivity contribution in [2.45, 2.75) is 57.4 Å². The van der Waals surface area contributed by atoms with E-state index >= 15 is 0 Å². The number of hydrogen-bond donors (Lipinski definition) is 1. The summed E-state index contributed by atoms with van der Waals surface area (Å²) in [5.41, 5.74) is 6.42. The molecule has 4 bridgehead atoms. The number of nitrogens with zero attached hydrogens (tertiary/aromatic N) is 3. The molecule has 1 atom stereocenters. The Labute approximate surface area is 242 Å². The quantitative estimate of drug-likeness (QED) is 0.391. The maximum Gasteiger partial charge on any atom is 0.264 e. The molecule has 0 spiro atoms. The van der Waals surface area contributed by atoms with Gasteiger partial charge >= 0.3 is 0 Å². The summed E-state index contributed by atoms with van der Waals surface area (Å²) in [5, 5.41) is 1.75. The minimum atomic E-state index is -1.65. The van der Waals surface area contributed by atoms with Gasteiger partial charge in [0.1, 0.15) is 0 Å². The van der Waals surface area contributed by atoms with Gasteiger partial charge in [-0.15, -0.1) is 0 Å². The fourth-order valence-corrected chi connectivity index (χ4v) is 7.40. The molecule has 3 aromatic rings. The van der Waals surface area contributed by atoms with Gasteiger partial charge in [-0.05, 0) is 73.1 Å². The van der Waals surface area contributed by atoms with Gasteiger partial charge in [-0.3, -0.25) is 14.3 Å². The minimum Gasteiger partial charge on any atom is -0.342 e. The number of aromatic nitrogens is 1. The molecule has 1 saturated carbocycles. The average Bonchev–Trinajstić information content (AvgIpc) is 3.18. The molecule has 1 N–H and O–H groups in total. The number of hydrogen-bond acceptors (Lipinski definition) is 3. The molecule has 3 heterocycles. The third kappa shape index (κ3) is 5.01. The van der Waals surface area contributed by atoms with Crippen molar-refractivity contribution < 1.29 is 13.8 Å². The standard InChI is InChI=1S/C31H35ClN4O3S/c1-34-14-6-7-15-35(2)40(39)33-30(37)22-11-13-25-27(17-22)36-19-23(31(34)38)16-21-10-12-24(32)18-26(21)29(36)28(25)20-8-4-3-5-9-20/h10-13,16-18,20H,3-9,14-15,19H2,1-2H3,(H,33,37). The first-order valence-corrected chi connectivity index (χ1v) is 15.7. The number of rotatable bonds is 1. The van der Waals surface area contributed by atoms with Gasteiger partial charge in [0.15, 0.2) is 11.2 Å². The molecule has 0 saturated heterocycles. The van der Waals surface area contributed by atoms with Crippen LogP contribution in [0.25, 0.3) is 28.2 Å². The Balaban J connectivity index is 1.61. The Kier molecular flexibility index (Phi) is 7.59. The van der Waals surface area contributed by atoms with E-state index in [1.54, 1.807) is 16.3 Å². The van der Waals surface area contributed by atoms with E-state index in [0.29, 0.717) is 41.7 Å². The zero-order valence-electron chi connectivity index (χ0n) is 23.0. The number of benzene rings is 2. The topological polar surface area (TPSA) is 74.7 Å². The number of amides is 2. The molecule has 2 amide bonds. The summed E-state index contributed by atoms with van der Waals surface area (Å²) in [6.07, 6.45) is 9.37. The summed E-state index contributed by atoms with van der Waals surface area (Å²) >= 11 is 4.93. The van der Waals surface area contributed by atoms with Crippen molar-refractivity contribution in [3.8, 4) is 11.3 Å². The van der Waals surface area contributed by atoms with Crippen molar-refractivity contribution in [3.63, 3.8) is 0 Å². The second kappa shape index (κ2) is 11.1. The van der Waals surface area contributed by atoms with Crippen LogP contribution in [0.15, 0.2) is 42.0 Å². The molecule has 1 fully saturated rings. The van der Waals surface area contributed by atoms with Crippen molar-refractivity contribution in [1.29, 1.82) is 0 Å². The van der Waals surface area contributed by atoms with Gasteiger partial charge in [0, 0.05) is 59.8 Å². The van der Waals surface area contributed by atoms with Gasteiger partial charge < -0.3 is 9.47 Å². The molecule has 2 aromatic carbocycles. The summed E-state index contributed by atoms with van der Waals surface area (Å²) < 4.78 is 19.4. The Morgan fingerprint density at radius 2 is 1.73 bits per heavy atom. The lowest BCUT2D eigenvalue weighted by molar-refractivity contribution is -0.126. The van der Waals surface area contributed by atoms with Crippen molar-refractivity contribution in [2.24, 2.45) is 0 Å². The fourth-order valence-electron chi connectivity index (χ4n) is 6.50. The van der Waals surface area contributed by atoms with Gasteiger partial charge in [-0.2, -0.15) is 0 Å². The summed E-state index contributed by atoms with van der Waals surface area (Å²) in [6, 6.07) is 11.7. The highest BCUT2D eigenvalue weighted by atomic mass is 35.5. The molecule has 6 rings (SSSR count). The Morgan fingerprint density at radius 3 is 2.52 bits per heavy atom. The van der Waals surface area contributed by atoms with Crippen LogP contribution in [0.1, 0.15) is 72.3 Å². The number of likely N-dealkylation sites (N-methyl/N-ethyl adjacent to an activating group) is 1. The normalized spacial score (nSPS) is 21.4. The van der Waals surface area contributed by atoms with Crippen LogP contribution in [0.4, 0.5) is 0 Å². The molecule has 9 heteroatoms. The molecule has 1 aromatic heterocycles. The fraction of sp³-hybridized carbons (Fsp3) is 0.419. The molecule has 1 unspecified atom stereocenters. The lowest BCUT2D eigenvalue weighted by Gasteiger charge is -2.24. The van der Waals surface area contributed by atoms with Crippen LogP contribution in [0.5, 0.6) is 0 Å². The molecule has 2 aliphatic heterocycles. The molecule has 3 aliphatic rings. The largest absolute Gasteiger partial charge is 0.342 e. The van der Waals surface area contributed by atoms with Crippen LogP contribution in [0.3, 0.4) is 0 Å². The van der Waals surface area contributed by atoms with Crippen molar-refractivity contribution in [1.82, 2.24) is 18.5 Å². The minimum absolute atomic E-state index is 0.00672. The first-order valence-electron chi connectivity index (χ1n) is 14.2. The van der Waals surface area contributed by atoms with Gasteiger partial charge in [0.05, 0.1) is 12.2 Å². The first kappa shape index (κ1) is 27.2. The number of nitrogens with one attached hydrogen (secondary N) is 1. The smallest absolute Gasteiger partial charge is 0.264 e. The second-order valence-corrected chi connectivity index (χ2v) is 13.0. The second-order valence-electron chi connectivity index (χ2n) is 11.3. The molecular weight excluding hydrogens is 544 g/mol. The van der Waals surface area contributed by atoms with Gasteiger partial charge in [0.2, 0.25) is 0 Å². The van der Waals surface area contributed by atoms with Crippen LogP contribution in [0.2, 0.25) is 5.02 Å². The van der Waals surface area contributed by atoms with Crippen molar-refractivity contribution in [2.75, 3.05) is 27.2 Å². The third-order valence-corrected chi connectivity index (χ3v) is 9.95. The van der Waals surface area contributed by atoms with Crippen LogP contribution >= 0.6 is 11.6 Å². The van der Waals surface area contributed by atoms with E-state index < -0.39 is 11.2 Å². The van der Waals surface area contributed by atoms with Crippen LogP contribution < -0.4 is 4.72 Å². The predicted molar refractivity (Wildman–Crippen MR) is 161 cm³/mol. The Hall–Kier alpha value is -2.94. The summed E-state index contributed by atoms with van der Waals surface area (Å²) in [7, 11) is 3.58. The molecule has 7 nitrogen and oxygen atoms in total. The monoisotopic (exact) mass is 578 g/mol. The lowest BCUT2D eigenvalue weighted by Crippen LogP contribution is -2.37. The highest BCUT2D eigenvalue weighted by Crippen LogP contribution is 2.47. The average molecular weight is 579 g/mol. The van der Waals surface area contributed by atoms with Crippen molar-refractivity contribution in [3.05, 3.63) is 63.7 Å². The highest BCUT2D eigenvalue weighted by Gasteiger charge is 2.31. The van der Waals surface area contributed by atoms with E-state index in [0.717, 1.165) is 53.4 Å². The molecule has 1 aliphatic carbocycles. The summed E-state index contributed by atoms with van der Waals surface area (Å²) in [4.78, 5) is 28.9. The van der Waals surface area contributed by atoms with E-state index in [4.69, 9.17) is 11.6 Å². The highest BCUT2D eigenvalue weighted by molar-refractivity contribution is 7.81. The molecule has 210 valence electrons. The lowest BCUT2D eigenvalue weighted by atomic mass is 9.81.